The molecular formula is C9H11NO7. The Bertz CT molecular complexity index is 360. The SMILES string of the molecule is N[C@@H](CCC(=O)OC(=O)/C=C\C(=O)O)C(=O)O. The zero-order valence-corrected chi connectivity index (χ0v) is 8.66. The summed E-state index contributed by atoms with van der Waals surface area (Å²) in [5, 5.41) is 16.6. The fourth-order valence-electron chi connectivity index (χ4n) is 0.733. The maximum absolute atomic E-state index is 11.0. The summed E-state index contributed by atoms with van der Waals surface area (Å²) in [6.45, 7) is 0. The second-order valence-electron chi connectivity index (χ2n) is 2.95. The predicted octanol–water partition coefficient (Wildman–Crippen LogP) is -1.11. The van der Waals surface area contributed by atoms with Crippen LogP contribution in [0.2, 0.25) is 0 Å². The number of esters is 2. The fraction of sp³-hybridized carbons (Fsp3) is 0.333. The number of rotatable bonds is 6. The number of carbonyl (C=O) groups is 4. The average molecular weight is 245 g/mol. The topological polar surface area (TPSA) is 144 Å². The van der Waals surface area contributed by atoms with Gasteiger partial charge in [-0.25, -0.2) is 9.59 Å². The first-order valence-corrected chi connectivity index (χ1v) is 4.47. The molecule has 0 saturated heterocycles. The Kier molecular flexibility index (Phi) is 6.19. The van der Waals surface area contributed by atoms with Gasteiger partial charge in [0, 0.05) is 18.6 Å². The second kappa shape index (κ2) is 7.12. The van der Waals surface area contributed by atoms with Crippen LogP contribution in [0, 0.1) is 0 Å². The molecule has 0 aromatic carbocycles. The number of hydrogen-bond acceptors (Lipinski definition) is 6. The molecule has 0 fully saturated rings. The van der Waals surface area contributed by atoms with Gasteiger partial charge in [0.05, 0.1) is 0 Å². The van der Waals surface area contributed by atoms with E-state index in [2.05, 4.69) is 4.74 Å². The third-order valence-electron chi connectivity index (χ3n) is 1.55. The minimum Gasteiger partial charge on any atom is -0.480 e. The summed E-state index contributed by atoms with van der Waals surface area (Å²) in [6, 6.07) is -1.22. The number of hydrogen-bond donors (Lipinski definition) is 3. The van der Waals surface area contributed by atoms with Crippen molar-refractivity contribution in [2.75, 3.05) is 0 Å². The van der Waals surface area contributed by atoms with Crippen LogP contribution in [-0.2, 0) is 23.9 Å². The van der Waals surface area contributed by atoms with Gasteiger partial charge in [-0.3, -0.25) is 9.59 Å². The number of nitrogens with two attached hydrogens (primary N) is 1. The highest BCUT2D eigenvalue weighted by Gasteiger charge is 2.15. The minimum absolute atomic E-state index is 0.176. The Morgan fingerprint density at radius 1 is 1.18 bits per heavy atom. The van der Waals surface area contributed by atoms with Crippen molar-refractivity contribution < 1.29 is 34.1 Å². The Balaban J connectivity index is 3.98. The summed E-state index contributed by atoms with van der Waals surface area (Å²) in [5.74, 6) is -4.74. The van der Waals surface area contributed by atoms with Crippen LogP contribution < -0.4 is 5.73 Å². The lowest BCUT2D eigenvalue weighted by Gasteiger charge is -2.04. The van der Waals surface area contributed by atoms with Gasteiger partial charge in [-0.2, -0.15) is 0 Å². The molecule has 0 aromatic heterocycles. The monoisotopic (exact) mass is 245 g/mol. The lowest BCUT2D eigenvalue weighted by Crippen LogP contribution is -2.30. The predicted molar refractivity (Wildman–Crippen MR) is 52.7 cm³/mol. The summed E-state index contributed by atoms with van der Waals surface area (Å²) in [7, 11) is 0. The van der Waals surface area contributed by atoms with Gasteiger partial charge in [-0.15, -0.1) is 0 Å². The average Bonchev–Trinajstić information content (AvgIpc) is 2.22. The molecule has 0 bridgehead atoms. The Morgan fingerprint density at radius 2 is 1.76 bits per heavy atom. The normalized spacial score (nSPS) is 12.1. The lowest BCUT2D eigenvalue weighted by atomic mass is 10.2. The van der Waals surface area contributed by atoms with Gasteiger partial charge < -0.3 is 20.7 Å². The smallest absolute Gasteiger partial charge is 0.338 e. The van der Waals surface area contributed by atoms with E-state index in [0.29, 0.717) is 12.2 Å². The van der Waals surface area contributed by atoms with Gasteiger partial charge in [-0.1, -0.05) is 0 Å². The molecule has 0 saturated carbocycles. The van der Waals surface area contributed by atoms with Gasteiger partial charge in [0.15, 0.2) is 0 Å². The molecule has 0 radical (unpaired) electrons. The molecular weight excluding hydrogens is 234 g/mol. The Hall–Kier alpha value is -2.22. The quantitative estimate of drug-likeness (QED) is 0.303. The largest absolute Gasteiger partial charge is 0.480 e. The highest BCUT2D eigenvalue weighted by molar-refractivity contribution is 5.96. The van der Waals surface area contributed by atoms with Crippen molar-refractivity contribution in [2.45, 2.75) is 18.9 Å². The highest BCUT2D eigenvalue weighted by atomic mass is 16.6. The van der Waals surface area contributed by atoms with Crippen molar-refractivity contribution in [1.29, 1.82) is 0 Å². The van der Waals surface area contributed by atoms with Crippen LogP contribution in [0.25, 0.3) is 0 Å². The van der Waals surface area contributed by atoms with Gasteiger partial charge in [0.25, 0.3) is 0 Å². The zero-order valence-electron chi connectivity index (χ0n) is 8.66. The summed E-state index contributed by atoms with van der Waals surface area (Å²) in [4.78, 5) is 42.1. The van der Waals surface area contributed by atoms with E-state index in [1.807, 2.05) is 0 Å². The van der Waals surface area contributed by atoms with E-state index in [-0.39, 0.29) is 12.8 Å². The molecule has 0 aliphatic rings. The molecule has 8 heteroatoms. The van der Waals surface area contributed by atoms with Crippen LogP contribution in [-0.4, -0.2) is 40.1 Å². The van der Waals surface area contributed by atoms with Crippen LogP contribution >= 0.6 is 0 Å². The van der Waals surface area contributed by atoms with Gasteiger partial charge in [0.2, 0.25) is 0 Å². The molecule has 0 unspecified atom stereocenters. The van der Waals surface area contributed by atoms with E-state index >= 15 is 0 Å². The molecule has 0 amide bonds. The van der Waals surface area contributed by atoms with Crippen LogP contribution in [0.5, 0.6) is 0 Å². The fourth-order valence-corrected chi connectivity index (χ4v) is 0.733. The van der Waals surface area contributed by atoms with Gasteiger partial charge in [-0.05, 0) is 6.42 Å². The van der Waals surface area contributed by atoms with Crippen molar-refractivity contribution in [3.8, 4) is 0 Å². The summed E-state index contributed by atoms with van der Waals surface area (Å²) < 4.78 is 4.15. The van der Waals surface area contributed by atoms with Crippen LogP contribution in [0.1, 0.15) is 12.8 Å². The van der Waals surface area contributed by atoms with Crippen molar-refractivity contribution in [3.63, 3.8) is 0 Å². The highest BCUT2D eigenvalue weighted by Crippen LogP contribution is 1.98. The number of ether oxygens (including phenoxy) is 1. The maximum Gasteiger partial charge on any atom is 0.338 e. The van der Waals surface area contributed by atoms with Gasteiger partial charge >= 0.3 is 23.9 Å². The molecule has 94 valence electrons. The third-order valence-corrected chi connectivity index (χ3v) is 1.55. The summed E-state index contributed by atoms with van der Waals surface area (Å²) in [5.41, 5.74) is 5.11. The molecule has 0 heterocycles. The molecule has 4 N–H and O–H groups in total. The van der Waals surface area contributed by atoms with E-state index in [9.17, 15) is 19.2 Å². The third kappa shape index (κ3) is 7.68. The molecule has 0 aliphatic carbocycles. The van der Waals surface area contributed by atoms with E-state index in [1.165, 1.54) is 0 Å². The van der Waals surface area contributed by atoms with Crippen molar-refractivity contribution in [2.24, 2.45) is 5.73 Å². The van der Waals surface area contributed by atoms with Crippen molar-refractivity contribution in [3.05, 3.63) is 12.2 Å². The molecule has 0 aliphatic heterocycles. The van der Waals surface area contributed by atoms with E-state index < -0.39 is 29.9 Å². The number of carboxylic acids is 2. The van der Waals surface area contributed by atoms with E-state index in [4.69, 9.17) is 15.9 Å². The summed E-state index contributed by atoms with van der Waals surface area (Å²) in [6.07, 6.45) is 0.556. The first-order chi connectivity index (χ1) is 7.82. The van der Waals surface area contributed by atoms with Crippen molar-refractivity contribution >= 4 is 23.9 Å². The van der Waals surface area contributed by atoms with E-state index in [1.54, 1.807) is 0 Å². The zero-order chi connectivity index (χ0) is 13.4. The number of aliphatic carboxylic acids is 2. The molecule has 8 nitrogen and oxygen atoms in total. The maximum atomic E-state index is 11.0. The standard InChI is InChI=1S/C9H11NO7/c10-5(9(15)16)1-3-7(13)17-8(14)4-2-6(11)12/h2,4-5H,1,3,10H2,(H,11,12)(H,15,16)/b4-2-/t5-/m0/s1. The van der Waals surface area contributed by atoms with E-state index in [0.717, 1.165) is 0 Å². The second-order valence-corrected chi connectivity index (χ2v) is 2.95. The van der Waals surface area contributed by atoms with Gasteiger partial charge in [0.1, 0.15) is 6.04 Å². The minimum atomic E-state index is -1.36. The summed E-state index contributed by atoms with van der Waals surface area (Å²) >= 11 is 0. The number of carboxylic acid groups (broad SMARTS) is 2. The Labute approximate surface area is 95.7 Å². The lowest BCUT2D eigenvalue weighted by molar-refractivity contribution is -0.156. The van der Waals surface area contributed by atoms with Crippen LogP contribution in [0.3, 0.4) is 0 Å². The molecule has 1 atom stereocenters. The van der Waals surface area contributed by atoms with Crippen LogP contribution in [0.15, 0.2) is 12.2 Å². The van der Waals surface area contributed by atoms with Crippen LogP contribution in [0.4, 0.5) is 0 Å². The van der Waals surface area contributed by atoms with Crippen molar-refractivity contribution in [1.82, 2.24) is 0 Å². The Morgan fingerprint density at radius 3 is 2.24 bits per heavy atom. The first-order valence-electron chi connectivity index (χ1n) is 4.47. The molecule has 17 heavy (non-hydrogen) atoms. The molecule has 0 rings (SSSR count). The molecule has 0 spiro atoms. The first kappa shape index (κ1) is 14.8. The number of carbonyl (C=O) groups excluding carboxylic acids is 2. The molecule has 0 aromatic rings.